The van der Waals surface area contributed by atoms with E-state index in [0.717, 1.165) is 62.5 Å². The molecule has 154 valence electrons. The summed E-state index contributed by atoms with van der Waals surface area (Å²) in [5, 5.41) is 5.46. The number of aromatic nitrogens is 1. The van der Waals surface area contributed by atoms with Crippen LogP contribution in [0.2, 0.25) is 0 Å². The van der Waals surface area contributed by atoms with Crippen LogP contribution in [0.1, 0.15) is 19.0 Å². The number of nitrogens with zero attached hydrogens (tertiary/aromatic N) is 4. The van der Waals surface area contributed by atoms with Gasteiger partial charge in [0.2, 0.25) is 5.89 Å². The minimum Gasteiger partial charge on any atom is -0.443 e. The maximum absolute atomic E-state index is 5.60. The van der Waals surface area contributed by atoms with E-state index in [0.29, 0.717) is 18.5 Å². The van der Waals surface area contributed by atoms with Gasteiger partial charge in [0, 0.05) is 38.8 Å². The molecular weight excluding hydrogens is 489 g/mol. The number of hydrogen-bond donors (Lipinski definition) is 1. The summed E-state index contributed by atoms with van der Waals surface area (Å²) >= 11 is 1.63. The minimum atomic E-state index is 0. The molecule has 4 heterocycles. The van der Waals surface area contributed by atoms with E-state index in [9.17, 15) is 0 Å². The summed E-state index contributed by atoms with van der Waals surface area (Å²) in [6, 6.07) is 4.61. The van der Waals surface area contributed by atoms with Crippen molar-refractivity contribution in [1.82, 2.24) is 20.1 Å². The number of nitrogens with one attached hydrogen (secondary N) is 1. The molecule has 2 aromatic rings. The van der Waals surface area contributed by atoms with Gasteiger partial charge in [-0.2, -0.15) is 0 Å². The standard InChI is InChI=1S/C19H27N5O2S.HI/c1-2-20-19(24-6-5-16(13-24)23-7-9-25-10-8-23)21-12-15-14-26-18(22-15)17-4-3-11-27-17;/h3-4,11,14,16H,2,5-10,12-13H2,1H3,(H,20,21);1H. The van der Waals surface area contributed by atoms with Crippen LogP contribution in [-0.2, 0) is 11.3 Å². The first-order chi connectivity index (χ1) is 13.3. The number of halogens is 1. The highest BCUT2D eigenvalue weighted by Crippen LogP contribution is 2.24. The van der Waals surface area contributed by atoms with Gasteiger partial charge >= 0.3 is 0 Å². The fraction of sp³-hybridized carbons (Fsp3) is 0.579. The van der Waals surface area contributed by atoms with Crippen molar-refractivity contribution in [3.8, 4) is 10.8 Å². The molecule has 2 saturated heterocycles. The number of likely N-dealkylation sites (tertiary alicyclic amines) is 1. The van der Waals surface area contributed by atoms with Crippen LogP contribution in [0, 0.1) is 0 Å². The molecule has 2 aliphatic rings. The molecule has 7 nitrogen and oxygen atoms in total. The number of aliphatic imine (C=N–C) groups is 1. The molecule has 0 amide bonds. The monoisotopic (exact) mass is 517 g/mol. The van der Waals surface area contributed by atoms with Gasteiger partial charge in [0.15, 0.2) is 5.96 Å². The Morgan fingerprint density at radius 1 is 1.36 bits per heavy atom. The highest BCUT2D eigenvalue weighted by atomic mass is 127. The van der Waals surface area contributed by atoms with Crippen LogP contribution in [-0.4, -0.2) is 72.7 Å². The van der Waals surface area contributed by atoms with Gasteiger partial charge in [-0.3, -0.25) is 4.90 Å². The van der Waals surface area contributed by atoms with Gasteiger partial charge < -0.3 is 19.4 Å². The first-order valence-electron chi connectivity index (χ1n) is 9.67. The Bertz CT molecular complexity index is 745. The molecule has 0 saturated carbocycles. The molecule has 28 heavy (non-hydrogen) atoms. The molecule has 1 N–H and O–H groups in total. The van der Waals surface area contributed by atoms with Crippen molar-refractivity contribution in [2.45, 2.75) is 25.9 Å². The first-order valence-corrected chi connectivity index (χ1v) is 10.5. The van der Waals surface area contributed by atoms with E-state index in [2.05, 4.69) is 27.0 Å². The molecule has 1 unspecified atom stereocenters. The number of guanidine groups is 1. The zero-order valence-corrected chi connectivity index (χ0v) is 19.3. The normalized spacial score (nSPS) is 21.0. The molecule has 0 bridgehead atoms. The van der Waals surface area contributed by atoms with Crippen molar-refractivity contribution < 1.29 is 9.15 Å². The third kappa shape index (κ3) is 5.25. The predicted molar refractivity (Wildman–Crippen MR) is 122 cm³/mol. The van der Waals surface area contributed by atoms with Crippen LogP contribution in [0.4, 0.5) is 0 Å². The van der Waals surface area contributed by atoms with Crippen molar-refractivity contribution in [2.75, 3.05) is 45.9 Å². The summed E-state index contributed by atoms with van der Waals surface area (Å²) in [6.07, 6.45) is 2.89. The first kappa shape index (κ1) is 21.5. The number of ether oxygens (including phenoxy) is 1. The molecule has 2 aromatic heterocycles. The molecule has 0 aromatic carbocycles. The van der Waals surface area contributed by atoms with Gasteiger partial charge in [0.1, 0.15) is 12.0 Å². The average Bonchev–Trinajstić information content (AvgIpc) is 3.47. The second-order valence-electron chi connectivity index (χ2n) is 6.83. The molecule has 1 atom stereocenters. The smallest absolute Gasteiger partial charge is 0.236 e. The summed E-state index contributed by atoms with van der Waals surface area (Å²) in [4.78, 5) is 15.3. The third-order valence-corrected chi connectivity index (χ3v) is 5.89. The van der Waals surface area contributed by atoms with Gasteiger partial charge in [0.05, 0.1) is 24.6 Å². The molecule has 9 heteroatoms. The maximum atomic E-state index is 5.60. The summed E-state index contributed by atoms with van der Waals surface area (Å²) in [5.74, 6) is 1.64. The number of rotatable bonds is 5. The molecule has 2 aliphatic heterocycles. The fourth-order valence-corrected chi connectivity index (χ4v) is 4.31. The zero-order chi connectivity index (χ0) is 18.5. The highest BCUT2D eigenvalue weighted by Gasteiger charge is 2.30. The summed E-state index contributed by atoms with van der Waals surface area (Å²) in [6.45, 7) is 9.32. The number of oxazole rings is 1. The molecule has 0 radical (unpaired) electrons. The van der Waals surface area contributed by atoms with Gasteiger partial charge in [-0.1, -0.05) is 6.07 Å². The van der Waals surface area contributed by atoms with Crippen LogP contribution in [0.3, 0.4) is 0 Å². The third-order valence-electron chi connectivity index (χ3n) is 5.03. The zero-order valence-electron chi connectivity index (χ0n) is 16.2. The highest BCUT2D eigenvalue weighted by molar-refractivity contribution is 14.0. The van der Waals surface area contributed by atoms with Crippen molar-refractivity contribution in [3.63, 3.8) is 0 Å². The second kappa shape index (κ2) is 10.6. The van der Waals surface area contributed by atoms with E-state index in [1.54, 1.807) is 17.6 Å². The Kier molecular flexibility index (Phi) is 8.12. The summed E-state index contributed by atoms with van der Waals surface area (Å²) in [7, 11) is 0. The van der Waals surface area contributed by atoms with Crippen molar-refractivity contribution in [2.24, 2.45) is 4.99 Å². The van der Waals surface area contributed by atoms with E-state index in [1.807, 2.05) is 17.5 Å². The fourth-order valence-electron chi connectivity index (χ4n) is 3.65. The summed E-state index contributed by atoms with van der Waals surface area (Å²) < 4.78 is 11.1. The van der Waals surface area contributed by atoms with Crippen LogP contribution in [0.15, 0.2) is 33.2 Å². The van der Waals surface area contributed by atoms with Crippen molar-refractivity contribution in [1.29, 1.82) is 0 Å². The Labute approximate surface area is 187 Å². The number of morpholine rings is 1. The predicted octanol–water partition coefficient (Wildman–Crippen LogP) is 2.89. The lowest BCUT2D eigenvalue weighted by Crippen LogP contribution is -2.46. The molecule has 2 fully saturated rings. The topological polar surface area (TPSA) is 66.1 Å². The van der Waals surface area contributed by atoms with E-state index < -0.39 is 0 Å². The van der Waals surface area contributed by atoms with E-state index in [-0.39, 0.29) is 24.0 Å². The molecule has 0 spiro atoms. The van der Waals surface area contributed by atoms with Gasteiger partial charge in [0.25, 0.3) is 0 Å². The van der Waals surface area contributed by atoms with Gasteiger partial charge in [-0.25, -0.2) is 9.98 Å². The Morgan fingerprint density at radius 2 is 2.21 bits per heavy atom. The van der Waals surface area contributed by atoms with Crippen LogP contribution >= 0.6 is 35.3 Å². The average molecular weight is 517 g/mol. The van der Waals surface area contributed by atoms with Gasteiger partial charge in [-0.15, -0.1) is 35.3 Å². The van der Waals surface area contributed by atoms with E-state index in [1.165, 1.54) is 6.42 Å². The lowest BCUT2D eigenvalue weighted by molar-refractivity contribution is 0.0195. The van der Waals surface area contributed by atoms with Crippen LogP contribution in [0.5, 0.6) is 0 Å². The molecular formula is C19H28IN5O2S. The van der Waals surface area contributed by atoms with Crippen LogP contribution < -0.4 is 5.32 Å². The Balaban J connectivity index is 0.00000225. The lowest BCUT2D eigenvalue weighted by Gasteiger charge is -2.32. The second-order valence-corrected chi connectivity index (χ2v) is 7.78. The molecule has 4 rings (SSSR count). The van der Waals surface area contributed by atoms with Crippen LogP contribution in [0.25, 0.3) is 10.8 Å². The van der Waals surface area contributed by atoms with E-state index >= 15 is 0 Å². The molecule has 0 aliphatic carbocycles. The summed E-state index contributed by atoms with van der Waals surface area (Å²) in [5.41, 5.74) is 0.859. The minimum absolute atomic E-state index is 0. The quantitative estimate of drug-likeness (QED) is 0.374. The van der Waals surface area contributed by atoms with Gasteiger partial charge in [-0.05, 0) is 24.8 Å². The Hall–Kier alpha value is -1.17. The van der Waals surface area contributed by atoms with Crippen molar-refractivity contribution >= 4 is 41.3 Å². The Morgan fingerprint density at radius 3 is 2.96 bits per heavy atom. The largest absolute Gasteiger partial charge is 0.443 e. The van der Waals surface area contributed by atoms with E-state index in [4.69, 9.17) is 14.1 Å². The number of thiophene rings is 1. The maximum Gasteiger partial charge on any atom is 0.236 e. The SMILES string of the molecule is CCNC(=NCc1coc(-c2cccs2)n1)N1CCC(N2CCOCC2)C1.I. The lowest BCUT2D eigenvalue weighted by atomic mass is 10.2. The van der Waals surface area contributed by atoms with Crippen molar-refractivity contribution in [3.05, 3.63) is 29.5 Å². The number of hydrogen-bond acceptors (Lipinski definition) is 6.